The molecule has 0 N–H and O–H groups in total. The van der Waals surface area contributed by atoms with Gasteiger partial charge in [0, 0.05) is 6.61 Å². The summed E-state index contributed by atoms with van der Waals surface area (Å²) in [6.45, 7) is 11.3. The first-order valence-corrected chi connectivity index (χ1v) is 7.52. The second-order valence-corrected chi connectivity index (χ2v) is 7.72. The van der Waals surface area contributed by atoms with E-state index >= 15 is 0 Å². The molecule has 0 bridgehead atoms. The van der Waals surface area contributed by atoms with Gasteiger partial charge in [0.25, 0.3) is 0 Å². The van der Waals surface area contributed by atoms with E-state index in [1.165, 1.54) is 18.1 Å². The number of rotatable bonds is 7. The first-order valence-electron chi connectivity index (χ1n) is 4.99. The molecule has 0 aromatic carbocycles. The van der Waals surface area contributed by atoms with Crippen LogP contribution in [0, 0.1) is 0 Å². The summed E-state index contributed by atoms with van der Waals surface area (Å²) in [5, 5.41) is 0. The molecule has 0 radical (unpaired) electrons. The van der Waals surface area contributed by atoms with Gasteiger partial charge in [-0.15, -0.1) is 6.58 Å². The largest absolute Gasteiger partial charge is 0.417 e. The van der Waals surface area contributed by atoms with Crippen LogP contribution in [0.5, 0.6) is 0 Å². The summed E-state index contributed by atoms with van der Waals surface area (Å²) in [4.78, 5) is 0. The van der Waals surface area contributed by atoms with Gasteiger partial charge >= 0.3 is 0 Å². The third-order valence-corrected chi connectivity index (χ3v) is 7.22. The highest BCUT2D eigenvalue weighted by Gasteiger charge is 2.29. The zero-order valence-electron chi connectivity index (χ0n) is 8.73. The summed E-state index contributed by atoms with van der Waals surface area (Å²) in [6, 6.07) is 3.73. The van der Waals surface area contributed by atoms with Gasteiger partial charge in [-0.2, -0.15) is 0 Å². The lowest BCUT2D eigenvalue weighted by Gasteiger charge is -2.28. The van der Waals surface area contributed by atoms with Gasteiger partial charge in [0.1, 0.15) is 0 Å². The summed E-state index contributed by atoms with van der Waals surface area (Å²) in [6.07, 6.45) is 3.12. The summed E-state index contributed by atoms with van der Waals surface area (Å²) >= 11 is 0. The van der Waals surface area contributed by atoms with Gasteiger partial charge in [0.15, 0.2) is 8.32 Å². The Morgan fingerprint density at radius 1 is 1.25 bits per heavy atom. The topological polar surface area (TPSA) is 9.23 Å². The van der Waals surface area contributed by atoms with Crippen molar-refractivity contribution in [3.8, 4) is 0 Å². The van der Waals surface area contributed by atoms with Crippen LogP contribution in [0.1, 0.15) is 27.2 Å². The lowest BCUT2D eigenvalue weighted by Crippen LogP contribution is -2.36. The Hall–Kier alpha value is -0.0831. The molecule has 0 aliphatic heterocycles. The fourth-order valence-corrected chi connectivity index (χ4v) is 4.65. The molecule has 0 aromatic heterocycles. The van der Waals surface area contributed by atoms with Gasteiger partial charge in [-0.05, 0) is 31.5 Å². The van der Waals surface area contributed by atoms with Gasteiger partial charge in [0.05, 0.1) is 0 Å². The van der Waals surface area contributed by atoms with Crippen LogP contribution in [0.2, 0.25) is 18.1 Å². The highest BCUT2D eigenvalue weighted by atomic mass is 28.4. The fourth-order valence-electron chi connectivity index (χ4n) is 1.55. The highest BCUT2D eigenvalue weighted by molar-refractivity contribution is 6.73. The number of hydrogen-bond acceptors (Lipinski definition) is 1. The van der Waals surface area contributed by atoms with Gasteiger partial charge in [-0.25, -0.2) is 0 Å². The molecule has 0 rings (SSSR count). The summed E-state index contributed by atoms with van der Waals surface area (Å²) in [5.41, 5.74) is 0. The molecule has 2 heteroatoms. The van der Waals surface area contributed by atoms with Crippen LogP contribution in [-0.4, -0.2) is 14.9 Å². The van der Waals surface area contributed by atoms with Gasteiger partial charge in [-0.3, -0.25) is 0 Å². The maximum atomic E-state index is 5.92. The normalized spacial score (nSPS) is 11.6. The Kier molecular flexibility index (Phi) is 6.39. The molecule has 0 aromatic rings. The fraction of sp³-hybridized carbons (Fsp3) is 0.800. The molecular formula is C10H22OSi. The van der Waals surface area contributed by atoms with Crippen LogP contribution in [0.4, 0.5) is 0 Å². The average molecular weight is 186 g/mol. The van der Waals surface area contributed by atoms with Crippen molar-refractivity contribution in [1.29, 1.82) is 0 Å². The molecule has 0 saturated carbocycles. The molecule has 0 heterocycles. The highest BCUT2D eigenvalue weighted by Crippen LogP contribution is 2.23. The maximum Gasteiger partial charge on any atom is 0.192 e. The van der Waals surface area contributed by atoms with Crippen molar-refractivity contribution in [3.63, 3.8) is 0 Å². The van der Waals surface area contributed by atoms with Crippen molar-refractivity contribution >= 4 is 8.32 Å². The van der Waals surface area contributed by atoms with Gasteiger partial charge in [0.2, 0.25) is 0 Å². The zero-order valence-corrected chi connectivity index (χ0v) is 9.73. The first kappa shape index (κ1) is 11.9. The Morgan fingerprint density at radius 2 is 1.83 bits per heavy atom. The monoisotopic (exact) mass is 186 g/mol. The molecule has 0 atom stereocenters. The third kappa shape index (κ3) is 3.54. The summed E-state index contributed by atoms with van der Waals surface area (Å²) < 4.78 is 5.92. The quantitative estimate of drug-likeness (QED) is 0.436. The first-order chi connectivity index (χ1) is 5.74. The minimum absolute atomic E-state index is 0.880. The Bertz CT molecular complexity index is 119. The predicted molar refractivity (Wildman–Crippen MR) is 58.0 cm³/mol. The second-order valence-electron chi connectivity index (χ2n) is 3.15. The van der Waals surface area contributed by atoms with E-state index in [0.717, 1.165) is 13.0 Å². The predicted octanol–water partition coefficient (Wildman–Crippen LogP) is 3.58. The third-order valence-electron chi connectivity index (χ3n) is 2.54. The molecule has 0 aliphatic rings. The molecule has 0 aliphatic carbocycles. The van der Waals surface area contributed by atoms with Crippen LogP contribution >= 0.6 is 0 Å². The van der Waals surface area contributed by atoms with Crippen molar-refractivity contribution < 1.29 is 4.43 Å². The van der Waals surface area contributed by atoms with E-state index in [0.29, 0.717) is 0 Å². The Balaban J connectivity index is 4.03. The Morgan fingerprint density at radius 3 is 2.17 bits per heavy atom. The molecule has 0 amide bonds. The molecule has 1 nitrogen and oxygen atoms in total. The van der Waals surface area contributed by atoms with E-state index in [1.807, 2.05) is 6.08 Å². The lowest BCUT2D eigenvalue weighted by molar-refractivity contribution is 0.320. The molecule has 72 valence electrons. The number of hydrogen-bond donors (Lipinski definition) is 0. The minimum Gasteiger partial charge on any atom is -0.417 e. The van der Waals surface area contributed by atoms with Crippen LogP contribution in [0.15, 0.2) is 12.7 Å². The average Bonchev–Trinajstić information content (AvgIpc) is 2.13. The molecular weight excluding hydrogens is 164 g/mol. The molecule has 12 heavy (non-hydrogen) atoms. The van der Waals surface area contributed by atoms with Crippen LogP contribution in [-0.2, 0) is 4.43 Å². The summed E-state index contributed by atoms with van der Waals surface area (Å²) in [7, 11) is -1.34. The van der Waals surface area contributed by atoms with E-state index in [9.17, 15) is 0 Å². The van der Waals surface area contributed by atoms with E-state index in [1.54, 1.807) is 0 Å². The van der Waals surface area contributed by atoms with Crippen molar-refractivity contribution in [2.75, 3.05) is 6.61 Å². The SMILES string of the molecule is C=CCC[Si](CC)(CC)OCC. The lowest BCUT2D eigenvalue weighted by atomic mass is 10.5. The van der Waals surface area contributed by atoms with Crippen molar-refractivity contribution in [2.45, 2.75) is 45.3 Å². The van der Waals surface area contributed by atoms with E-state index < -0.39 is 8.32 Å². The van der Waals surface area contributed by atoms with Crippen LogP contribution in [0.3, 0.4) is 0 Å². The molecule has 0 fully saturated rings. The molecule has 0 saturated heterocycles. The van der Waals surface area contributed by atoms with Gasteiger partial charge in [-0.1, -0.05) is 19.9 Å². The van der Waals surface area contributed by atoms with Crippen molar-refractivity contribution in [3.05, 3.63) is 12.7 Å². The van der Waals surface area contributed by atoms with Crippen molar-refractivity contribution in [1.82, 2.24) is 0 Å². The summed E-state index contributed by atoms with van der Waals surface area (Å²) in [5.74, 6) is 0. The van der Waals surface area contributed by atoms with Gasteiger partial charge < -0.3 is 4.43 Å². The second kappa shape index (κ2) is 6.43. The molecule has 0 spiro atoms. The van der Waals surface area contributed by atoms with Crippen LogP contribution < -0.4 is 0 Å². The van der Waals surface area contributed by atoms with Crippen molar-refractivity contribution in [2.24, 2.45) is 0 Å². The standard InChI is InChI=1S/C10H22OSi/c1-5-9-10-12(7-3,8-4)11-6-2/h5H,1,6-10H2,2-4H3. The van der Waals surface area contributed by atoms with E-state index in [-0.39, 0.29) is 0 Å². The van der Waals surface area contributed by atoms with E-state index in [4.69, 9.17) is 4.43 Å². The minimum atomic E-state index is -1.34. The molecule has 0 unspecified atom stereocenters. The number of allylic oxidation sites excluding steroid dienone is 1. The smallest absolute Gasteiger partial charge is 0.192 e. The van der Waals surface area contributed by atoms with E-state index in [2.05, 4.69) is 27.4 Å². The zero-order chi connectivity index (χ0) is 9.45. The maximum absolute atomic E-state index is 5.92. The van der Waals surface area contributed by atoms with Crippen LogP contribution in [0.25, 0.3) is 0 Å². The Labute approximate surface area is 78.0 Å².